The fourth-order valence-corrected chi connectivity index (χ4v) is 17.0. The van der Waals surface area contributed by atoms with Crippen LogP contribution in [-0.2, 0) is 22.6 Å². The van der Waals surface area contributed by atoms with Gasteiger partial charge < -0.3 is 24.6 Å². The minimum absolute atomic E-state index is 0.146. The molecule has 3 aliphatic heterocycles. The van der Waals surface area contributed by atoms with Crippen molar-refractivity contribution in [2.75, 3.05) is 39.3 Å². The van der Waals surface area contributed by atoms with E-state index in [1.807, 2.05) is 156 Å². The molecule has 0 spiro atoms. The van der Waals surface area contributed by atoms with Gasteiger partial charge in [0.05, 0.1) is 0 Å². The molecule has 1 N–H and O–H groups in total. The highest BCUT2D eigenvalue weighted by Crippen LogP contribution is 2.52. The summed E-state index contributed by atoms with van der Waals surface area (Å²) >= 11 is 3.26. The molecular weight excluding hydrogens is 1600 g/mol. The molecule has 0 aromatic heterocycles. The topological polar surface area (TPSA) is 112 Å². The van der Waals surface area contributed by atoms with Crippen molar-refractivity contribution in [2.24, 2.45) is 11.8 Å². The van der Waals surface area contributed by atoms with Gasteiger partial charge in [0.15, 0.2) is 0 Å². The third kappa shape index (κ3) is 31.4. The molecule has 11 aromatic rings. The summed E-state index contributed by atoms with van der Waals surface area (Å²) in [4.78, 5) is 56.0. The van der Waals surface area contributed by atoms with E-state index in [0.717, 1.165) is 118 Å². The van der Waals surface area contributed by atoms with Crippen LogP contribution in [-0.4, -0.2) is 119 Å². The van der Waals surface area contributed by atoms with E-state index in [2.05, 4.69) is 273 Å². The van der Waals surface area contributed by atoms with Crippen LogP contribution in [0.1, 0.15) is 211 Å². The molecule has 6 aliphatic rings. The predicted octanol–water partition coefficient (Wildman–Crippen LogP) is 26.7. The number of nitrogens with zero attached hydrogens (tertiary/aromatic N) is 4. The number of rotatable bonds is 22. The van der Waals surface area contributed by atoms with Crippen LogP contribution in [0.25, 0.3) is 42.5 Å². The lowest BCUT2D eigenvalue weighted by molar-refractivity contribution is 0.00466. The Morgan fingerprint density at radius 2 is 0.672 bits per heavy atom. The van der Waals surface area contributed by atoms with Crippen molar-refractivity contribution >= 4 is 83.2 Å². The van der Waals surface area contributed by atoms with Crippen molar-refractivity contribution in [1.82, 2.24) is 24.9 Å². The lowest BCUT2D eigenvalue weighted by Gasteiger charge is -2.39. The molecule has 125 heavy (non-hydrogen) atoms. The Hall–Kier alpha value is -11.4. The van der Waals surface area contributed by atoms with Crippen molar-refractivity contribution in [3.05, 3.63) is 398 Å². The molecular formula is C113H126BrN5O6. The third-order valence-electron chi connectivity index (χ3n) is 23.7. The second-order valence-electron chi connectivity index (χ2n) is 35.7. The normalized spacial score (nSPS) is 18.8. The summed E-state index contributed by atoms with van der Waals surface area (Å²) in [5.74, 6) is 3.58. The Labute approximate surface area is 753 Å². The van der Waals surface area contributed by atoms with E-state index in [9.17, 15) is 19.2 Å². The highest BCUT2D eigenvalue weighted by atomic mass is 79.9. The Kier molecular flexibility index (Phi) is 35.4. The molecule has 3 saturated carbocycles. The Morgan fingerprint density at radius 3 is 1.01 bits per heavy atom. The van der Waals surface area contributed by atoms with E-state index >= 15 is 0 Å². The average Bonchev–Trinajstić information content (AvgIpc) is 1.61. The molecule has 3 heterocycles. The predicted molar refractivity (Wildman–Crippen MR) is 522 cm³/mol. The Balaban J connectivity index is 0.000000147. The van der Waals surface area contributed by atoms with Gasteiger partial charge in [0.1, 0.15) is 23.8 Å². The maximum Gasteiger partial charge on any atom is 0.410 e. The quantitative estimate of drug-likeness (QED) is 0.0524. The van der Waals surface area contributed by atoms with Crippen molar-refractivity contribution < 1.29 is 28.7 Å². The molecule has 6 fully saturated rings. The lowest BCUT2D eigenvalue weighted by atomic mass is 9.90. The number of likely N-dealkylation sites (tertiary alicyclic amines) is 2. The number of carbonyl (C=O) groups excluding carboxylic acids is 4. The number of amides is 2. The van der Waals surface area contributed by atoms with Crippen LogP contribution >= 0.6 is 15.9 Å². The van der Waals surface area contributed by atoms with Gasteiger partial charge >= 0.3 is 12.2 Å². The van der Waals surface area contributed by atoms with Gasteiger partial charge in [-0.2, -0.15) is 0 Å². The maximum absolute atomic E-state index is 13.3. The minimum Gasteiger partial charge on any atom is -0.444 e. The second kappa shape index (κ2) is 47.6. The number of benzene rings is 11. The summed E-state index contributed by atoms with van der Waals surface area (Å²) in [7, 11) is 0. The van der Waals surface area contributed by atoms with Gasteiger partial charge in [-0.25, -0.2) is 9.59 Å². The van der Waals surface area contributed by atoms with Gasteiger partial charge in [0.25, 0.3) is 0 Å². The van der Waals surface area contributed by atoms with E-state index in [1.54, 1.807) is 17.7 Å². The standard InChI is InChI=1S/C34H40N2O2.C30H33N.C19H28N2O2.C15H12O.C8H8.C7H5BrO/c1-34(2,3)38-33(37)36(32-24-31(32)29-12-8-5-9-13-29)30-20-22-35(23-21-30)25-28-18-16-27(17-19-28)15-14-26-10-6-4-7-11-26;1-3-7-24(8-4-1)11-12-25-13-15-27(16-14-25)23-31-19-17-26(18-20-31)21-29-22-30(29)28-9-5-2-6-10-28;1-19(2,3)23-18(22)21(15-9-11-20-12-10-15)17-13-16(17)14-7-5-4-6-8-14;16-12-15-10-8-14(9-11-15)7-6-13-4-2-1-3-5-13;1-2-8-6-4-3-5-7-8;8-7-3-1-6(5-9)2-4-7/h4-19,30-32H,20-25H2,1-3H3;1-16,26,29-30H,17-23H2;4-8,15-17,20H,9-13H2,1-3H3;1-12H;2-7H,1H2;1-5H/b15-14+;12-11+;;7-6+;;/t31-,32+;29-,30+;16-,17+;;;/m010.../s1. The fraction of sp³-hybridized carbons (Fsp3) is 0.310. The highest BCUT2D eigenvalue weighted by molar-refractivity contribution is 9.10. The first kappa shape index (κ1) is 92.8. The molecule has 0 unspecified atom stereocenters. The number of halogens is 1. The van der Waals surface area contributed by atoms with Crippen LogP contribution in [0.2, 0.25) is 0 Å². The molecule has 11 aromatic carbocycles. The zero-order chi connectivity index (χ0) is 87.6. The van der Waals surface area contributed by atoms with Gasteiger partial charge in [-0.15, -0.1) is 0 Å². The first-order valence-corrected chi connectivity index (χ1v) is 45.7. The molecule has 3 aliphatic carbocycles. The number of ether oxygens (including phenoxy) is 2. The van der Waals surface area contributed by atoms with E-state index in [1.165, 1.54) is 94.4 Å². The fourth-order valence-electron chi connectivity index (χ4n) is 16.8. The highest BCUT2D eigenvalue weighted by Gasteiger charge is 2.50. The number of hydrogen-bond acceptors (Lipinski definition) is 9. The number of nitrogens with one attached hydrogen (secondary N) is 1. The van der Waals surface area contributed by atoms with Crippen LogP contribution in [0.3, 0.4) is 0 Å². The number of aldehydes is 2. The van der Waals surface area contributed by atoms with Gasteiger partial charge in [0.2, 0.25) is 0 Å². The summed E-state index contributed by atoms with van der Waals surface area (Å²) in [6, 6.07) is 107. The molecule has 12 heteroatoms. The van der Waals surface area contributed by atoms with Crippen molar-refractivity contribution in [3.63, 3.8) is 0 Å². The molecule has 0 bridgehead atoms. The summed E-state index contributed by atoms with van der Waals surface area (Å²) in [6.45, 7) is 23.8. The number of carbonyl (C=O) groups is 4. The Bertz CT molecular complexity index is 5120. The average molecular weight is 1730 g/mol. The van der Waals surface area contributed by atoms with Gasteiger partial charge in [-0.05, 0) is 229 Å². The Morgan fingerprint density at radius 1 is 0.376 bits per heavy atom. The van der Waals surface area contributed by atoms with Crippen molar-refractivity contribution in [3.8, 4) is 0 Å². The monoisotopic (exact) mass is 1730 g/mol. The summed E-state index contributed by atoms with van der Waals surface area (Å²) in [5, 5.41) is 3.38. The zero-order valence-corrected chi connectivity index (χ0v) is 75.5. The summed E-state index contributed by atoms with van der Waals surface area (Å²) in [5.41, 5.74) is 15.8. The number of hydrogen-bond donors (Lipinski definition) is 1. The van der Waals surface area contributed by atoms with Gasteiger partial charge in [-0.1, -0.05) is 362 Å². The van der Waals surface area contributed by atoms with Crippen LogP contribution in [0.15, 0.2) is 320 Å². The second-order valence-corrected chi connectivity index (χ2v) is 36.6. The summed E-state index contributed by atoms with van der Waals surface area (Å²) < 4.78 is 12.6. The van der Waals surface area contributed by atoms with Crippen LogP contribution in [0.5, 0.6) is 0 Å². The number of piperidine rings is 3. The third-order valence-corrected chi connectivity index (χ3v) is 24.3. The molecule has 646 valence electrons. The van der Waals surface area contributed by atoms with Crippen molar-refractivity contribution in [2.45, 2.75) is 172 Å². The van der Waals surface area contributed by atoms with Crippen LogP contribution < -0.4 is 5.32 Å². The molecule has 6 atom stereocenters. The van der Waals surface area contributed by atoms with Gasteiger partial charge in [0, 0.05) is 77.8 Å². The van der Waals surface area contributed by atoms with E-state index in [-0.39, 0.29) is 30.3 Å². The first-order valence-electron chi connectivity index (χ1n) is 44.9. The molecule has 0 radical (unpaired) electrons. The lowest BCUT2D eigenvalue weighted by Crippen LogP contribution is -2.50. The van der Waals surface area contributed by atoms with Crippen LogP contribution in [0, 0.1) is 11.8 Å². The SMILES string of the molecule is C(=C\c1ccc(CN2CCC(C[C@@H]3C[C@H]3c3ccccc3)CC2)cc1)/c1ccccc1.C=Cc1ccccc1.CC(C)(C)OC(=O)N(C1CCN(Cc2ccc(/C=C/c3ccccc3)cc2)CC1)[C@@H]1C[C@H]1c1ccccc1.CC(C)(C)OC(=O)N(C1CCNCC1)[C@@H]1C[C@H]1c1ccccc1.O=Cc1ccc(/C=C/c2ccccc2)cc1.O=Cc1ccc(Br)cc1. The minimum atomic E-state index is -0.490. The van der Waals surface area contributed by atoms with Crippen molar-refractivity contribution in [1.29, 1.82) is 0 Å². The smallest absolute Gasteiger partial charge is 0.410 e. The molecule has 3 saturated heterocycles. The summed E-state index contributed by atoms with van der Waals surface area (Å²) in [6.07, 6.45) is 27.6. The first-order chi connectivity index (χ1) is 60.8. The van der Waals surface area contributed by atoms with Gasteiger partial charge in [-0.3, -0.25) is 19.4 Å². The molecule has 2 amide bonds. The largest absolute Gasteiger partial charge is 0.444 e. The molecule has 17 rings (SSSR count). The maximum atomic E-state index is 13.3. The molecule has 11 nitrogen and oxygen atoms in total. The van der Waals surface area contributed by atoms with E-state index in [4.69, 9.17) is 9.47 Å². The van der Waals surface area contributed by atoms with Crippen LogP contribution in [0.4, 0.5) is 9.59 Å². The zero-order valence-electron chi connectivity index (χ0n) is 73.9. The van der Waals surface area contributed by atoms with E-state index in [0.29, 0.717) is 29.0 Å². The van der Waals surface area contributed by atoms with E-state index < -0.39 is 11.2 Å².